The Labute approximate surface area is 132 Å². The first-order valence-electron chi connectivity index (χ1n) is 8.50. The van der Waals surface area contributed by atoms with Crippen LogP contribution in [0.5, 0.6) is 0 Å². The first kappa shape index (κ1) is 20.9. The molecular weight excluding hydrogens is 264 g/mol. The first-order valence-corrected chi connectivity index (χ1v) is 8.50. The molecular formula is C18H38O3. The number of unbranched alkanes of at least 4 members (excludes halogenated alkanes) is 3. The molecule has 0 spiro atoms. The van der Waals surface area contributed by atoms with Gasteiger partial charge in [0, 0.05) is 26.4 Å². The lowest BCUT2D eigenvalue weighted by Crippen LogP contribution is -2.19. The van der Waals surface area contributed by atoms with Gasteiger partial charge in [-0.1, -0.05) is 20.8 Å². The first-order chi connectivity index (χ1) is 9.71. The van der Waals surface area contributed by atoms with E-state index >= 15 is 0 Å². The fourth-order valence-corrected chi connectivity index (χ4v) is 1.75. The molecule has 0 aliphatic carbocycles. The van der Waals surface area contributed by atoms with Crippen molar-refractivity contribution in [2.45, 2.75) is 79.2 Å². The largest absolute Gasteiger partial charge is 0.381 e. The highest BCUT2D eigenvalue weighted by Gasteiger charge is 2.09. The second kappa shape index (κ2) is 11.4. The molecule has 0 fully saturated rings. The normalized spacial score (nSPS) is 12.9. The van der Waals surface area contributed by atoms with Crippen LogP contribution in [-0.2, 0) is 14.2 Å². The minimum Gasteiger partial charge on any atom is -0.381 e. The van der Waals surface area contributed by atoms with Crippen molar-refractivity contribution in [2.75, 3.05) is 33.0 Å². The molecule has 3 nitrogen and oxygen atoms in total. The average Bonchev–Trinajstić information content (AvgIpc) is 2.32. The minimum atomic E-state index is -0.00837. The number of hydrogen-bond acceptors (Lipinski definition) is 3. The van der Waals surface area contributed by atoms with Crippen molar-refractivity contribution in [3.05, 3.63) is 0 Å². The van der Waals surface area contributed by atoms with Crippen LogP contribution in [0.1, 0.15) is 73.6 Å². The molecule has 0 amide bonds. The SMILES string of the molecule is CC(C)(C)COCCCCOCCCCCOC(C)(C)C. The van der Waals surface area contributed by atoms with Crippen LogP contribution in [0, 0.1) is 5.41 Å². The molecule has 0 atom stereocenters. The van der Waals surface area contributed by atoms with E-state index < -0.39 is 0 Å². The van der Waals surface area contributed by atoms with E-state index in [9.17, 15) is 0 Å². The third-order valence-corrected chi connectivity index (χ3v) is 2.83. The summed E-state index contributed by atoms with van der Waals surface area (Å²) in [7, 11) is 0. The average molecular weight is 302 g/mol. The maximum atomic E-state index is 5.68. The van der Waals surface area contributed by atoms with E-state index in [0.29, 0.717) is 0 Å². The van der Waals surface area contributed by atoms with Gasteiger partial charge in [-0.25, -0.2) is 0 Å². The summed E-state index contributed by atoms with van der Waals surface area (Å²) in [6.45, 7) is 17.2. The van der Waals surface area contributed by atoms with Crippen molar-refractivity contribution >= 4 is 0 Å². The smallest absolute Gasteiger partial charge is 0.0598 e. The summed E-state index contributed by atoms with van der Waals surface area (Å²) in [5, 5.41) is 0. The predicted octanol–water partition coefficient (Wildman–Crippen LogP) is 4.83. The molecule has 0 aliphatic rings. The van der Waals surface area contributed by atoms with Crippen molar-refractivity contribution in [1.29, 1.82) is 0 Å². The lowest BCUT2D eigenvalue weighted by molar-refractivity contribution is -0.00539. The lowest BCUT2D eigenvalue weighted by atomic mass is 9.99. The van der Waals surface area contributed by atoms with Crippen LogP contribution in [0.3, 0.4) is 0 Å². The summed E-state index contributed by atoms with van der Waals surface area (Å²) in [6.07, 6.45) is 5.63. The molecule has 0 bridgehead atoms. The Morgan fingerprint density at radius 3 is 1.57 bits per heavy atom. The molecule has 0 rings (SSSR count). The second-order valence-corrected chi connectivity index (χ2v) is 7.95. The zero-order valence-electron chi connectivity index (χ0n) is 15.3. The topological polar surface area (TPSA) is 27.7 Å². The summed E-state index contributed by atoms with van der Waals surface area (Å²) < 4.78 is 16.9. The van der Waals surface area contributed by atoms with Crippen LogP contribution in [0.4, 0.5) is 0 Å². The van der Waals surface area contributed by atoms with E-state index in [1.165, 1.54) is 6.42 Å². The number of rotatable bonds is 12. The van der Waals surface area contributed by atoms with E-state index in [-0.39, 0.29) is 11.0 Å². The van der Waals surface area contributed by atoms with Crippen molar-refractivity contribution in [1.82, 2.24) is 0 Å². The van der Waals surface area contributed by atoms with E-state index in [1.54, 1.807) is 0 Å². The maximum absolute atomic E-state index is 5.68. The van der Waals surface area contributed by atoms with Crippen LogP contribution in [-0.4, -0.2) is 38.6 Å². The molecule has 3 heteroatoms. The molecule has 0 heterocycles. The zero-order valence-corrected chi connectivity index (χ0v) is 15.3. The minimum absolute atomic E-state index is 0.00837. The number of hydrogen-bond donors (Lipinski definition) is 0. The summed E-state index contributed by atoms with van der Waals surface area (Å²) in [5.74, 6) is 0. The van der Waals surface area contributed by atoms with Crippen LogP contribution in [0.25, 0.3) is 0 Å². The highest BCUT2D eigenvalue weighted by atomic mass is 16.5. The van der Waals surface area contributed by atoms with Crippen LogP contribution in [0.15, 0.2) is 0 Å². The molecule has 21 heavy (non-hydrogen) atoms. The highest BCUT2D eigenvalue weighted by molar-refractivity contribution is 4.59. The van der Waals surface area contributed by atoms with Gasteiger partial charge in [-0.3, -0.25) is 0 Å². The Morgan fingerprint density at radius 1 is 0.571 bits per heavy atom. The van der Waals surface area contributed by atoms with Gasteiger partial charge in [0.05, 0.1) is 12.2 Å². The Kier molecular flexibility index (Phi) is 11.4. The van der Waals surface area contributed by atoms with Gasteiger partial charge < -0.3 is 14.2 Å². The van der Waals surface area contributed by atoms with Gasteiger partial charge in [0.25, 0.3) is 0 Å². The van der Waals surface area contributed by atoms with E-state index in [4.69, 9.17) is 14.2 Å². The van der Waals surface area contributed by atoms with Gasteiger partial charge >= 0.3 is 0 Å². The standard InChI is InChI=1S/C18H38O3/c1-17(2,3)16-20-14-11-10-13-19-12-8-7-9-15-21-18(4,5)6/h7-16H2,1-6H3. The van der Waals surface area contributed by atoms with Gasteiger partial charge in [-0.15, -0.1) is 0 Å². The Hall–Kier alpha value is -0.120. The lowest BCUT2D eigenvalue weighted by Gasteiger charge is -2.19. The summed E-state index contributed by atoms with van der Waals surface area (Å²) in [5.41, 5.74) is 0.263. The van der Waals surface area contributed by atoms with Crippen LogP contribution in [0.2, 0.25) is 0 Å². The molecule has 0 radical (unpaired) electrons. The summed E-state index contributed by atoms with van der Waals surface area (Å²) in [6, 6.07) is 0. The summed E-state index contributed by atoms with van der Waals surface area (Å²) >= 11 is 0. The molecule has 0 aliphatic heterocycles. The van der Waals surface area contributed by atoms with Crippen LogP contribution >= 0.6 is 0 Å². The van der Waals surface area contributed by atoms with E-state index in [0.717, 1.165) is 58.7 Å². The fourth-order valence-electron chi connectivity index (χ4n) is 1.75. The third kappa shape index (κ3) is 19.9. The van der Waals surface area contributed by atoms with Gasteiger partial charge in [-0.05, 0) is 58.3 Å². The molecule has 0 aromatic rings. The van der Waals surface area contributed by atoms with E-state index in [2.05, 4.69) is 41.5 Å². The van der Waals surface area contributed by atoms with Gasteiger partial charge in [0.1, 0.15) is 0 Å². The maximum Gasteiger partial charge on any atom is 0.0598 e. The zero-order chi connectivity index (χ0) is 16.2. The van der Waals surface area contributed by atoms with Gasteiger partial charge in [-0.2, -0.15) is 0 Å². The molecule has 128 valence electrons. The second-order valence-electron chi connectivity index (χ2n) is 7.95. The van der Waals surface area contributed by atoms with E-state index in [1.807, 2.05) is 0 Å². The van der Waals surface area contributed by atoms with Crippen molar-refractivity contribution in [3.8, 4) is 0 Å². The molecule has 0 unspecified atom stereocenters. The molecule has 0 saturated carbocycles. The fraction of sp³-hybridized carbons (Fsp3) is 1.00. The Morgan fingerprint density at radius 2 is 1.05 bits per heavy atom. The van der Waals surface area contributed by atoms with Crippen LogP contribution < -0.4 is 0 Å². The predicted molar refractivity (Wildman–Crippen MR) is 89.9 cm³/mol. The van der Waals surface area contributed by atoms with Crippen molar-refractivity contribution < 1.29 is 14.2 Å². The van der Waals surface area contributed by atoms with Gasteiger partial charge in [0.2, 0.25) is 0 Å². The number of ether oxygens (including phenoxy) is 3. The Bertz CT molecular complexity index is 202. The molecule has 0 aromatic carbocycles. The molecule has 0 saturated heterocycles. The summed E-state index contributed by atoms with van der Waals surface area (Å²) in [4.78, 5) is 0. The van der Waals surface area contributed by atoms with Crippen molar-refractivity contribution in [2.24, 2.45) is 5.41 Å². The third-order valence-electron chi connectivity index (χ3n) is 2.83. The monoisotopic (exact) mass is 302 g/mol. The molecule has 0 N–H and O–H groups in total. The highest BCUT2D eigenvalue weighted by Crippen LogP contribution is 2.13. The van der Waals surface area contributed by atoms with Crippen molar-refractivity contribution in [3.63, 3.8) is 0 Å². The Balaban J connectivity index is 3.10. The molecule has 0 aromatic heterocycles. The quantitative estimate of drug-likeness (QED) is 0.483. The van der Waals surface area contributed by atoms with Gasteiger partial charge in [0.15, 0.2) is 0 Å².